The number of nitrogens with zero attached hydrogens (tertiary/aromatic N) is 4. The van der Waals surface area contributed by atoms with Gasteiger partial charge in [-0.15, -0.1) is 0 Å². The van der Waals surface area contributed by atoms with E-state index in [1.165, 1.54) is 6.33 Å². The Morgan fingerprint density at radius 1 is 0.760 bits per heavy atom. The van der Waals surface area contributed by atoms with Crippen LogP contribution in [0.1, 0.15) is 71.1 Å². The van der Waals surface area contributed by atoms with Crippen LogP contribution in [0.4, 0.5) is 5.95 Å². The fourth-order valence-electron chi connectivity index (χ4n) is 5.21. The van der Waals surface area contributed by atoms with Gasteiger partial charge in [0, 0.05) is 6.42 Å². The Balaban J connectivity index is 1.54. The molecule has 5 aromatic rings. The van der Waals surface area contributed by atoms with Crippen molar-refractivity contribution in [2.24, 2.45) is 10.8 Å². The standard InChI is InChI=1S/C39H45N5O6/c1-37(2,3)33(45)48-23-14-24-49-36(50-34(46)38(4,5)6)44-26-41-31-25-40-35(42-32(31)44)43-39(27-15-10-8-11-16-27,28-17-12-9-13-18-28)29-19-21-30(47-7)22-20-29/h8-13,15-22,25-26,36H,14,23-24H2,1-7H3,(H,40,42,43). The second-order valence-electron chi connectivity index (χ2n) is 14.0. The first-order chi connectivity index (χ1) is 23.8. The van der Waals surface area contributed by atoms with Gasteiger partial charge in [-0.05, 0) is 70.4 Å². The van der Waals surface area contributed by atoms with Crippen LogP contribution >= 0.6 is 0 Å². The Labute approximate surface area is 293 Å². The lowest BCUT2D eigenvalue weighted by Gasteiger charge is -2.37. The van der Waals surface area contributed by atoms with E-state index in [0.29, 0.717) is 23.5 Å². The summed E-state index contributed by atoms with van der Waals surface area (Å²) >= 11 is 0. The average molecular weight is 680 g/mol. The van der Waals surface area contributed by atoms with Gasteiger partial charge in [0.05, 0.1) is 37.4 Å². The summed E-state index contributed by atoms with van der Waals surface area (Å²) in [5, 5.41) is 3.67. The van der Waals surface area contributed by atoms with Crippen LogP contribution in [-0.4, -0.2) is 51.8 Å². The topological polar surface area (TPSA) is 127 Å². The van der Waals surface area contributed by atoms with Gasteiger partial charge in [0.1, 0.15) is 23.1 Å². The molecular weight excluding hydrogens is 634 g/mol. The van der Waals surface area contributed by atoms with Crippen LogP contribution in [0.3, 0.4) is 0 Å². The van der Waals surface area contributed by atoms with Crippen molar-refractivity contribution in [2.45, 2.75) is 59.9 Å². The highest BCUT2D eigenvalue weighted by Gasteiger charge is 2.38. The van der Waals surface area contributed by atoms with Crippen LogP contribution in [0.25, 0.3) is 11.2 Å². The molecule has 0 radical (unpaired) electrons. The van der Waals surface area contributed by atoms with Gasteiger partial charge in [-0.3, -0.25) is 14.2 Å². The molecule has 0 aliphatic heterocycles. The lowest BCUT2D eigenvalue weighted by molar-refractivity contribution is -0.210. The summed E-state index contributed by atoms with van der Waals surface area (Å²) in [5.41, 5.74) is 1.38. The van der Waals surface area contributed by atoms with Gasteiger partial charge in [0.15, 0.2) is 5.65 Å². The first-order valence-corrected chi connectivity index (χ1v) is 16.6. The Kier molecular flexibility index (Phi) is 10.9. The van der Waals surface area contributed by atoms with Crippen molar-refractivity contribution in [1.82, 2.24) is 19.5 Å². The van der Waals surface area contributed by atoms with Gasteiger partial charge in [-0.2, -0.15) is 4.98 Å². The highest BCUT2D eigenvalue weighted by Crippen LogP contribution is 2.40. The summed E-state index contributed by atoms with van der Waals surface area (Å²) in [4.78, 5) is 39.4. The van der Waals surface area contributed by atoms with Crippen molar-refractivity contribution in [1.29, 1.82) is 0 Å². The molecule has 11 nitrogen and oxygen atoms in total. The van der Waals surface area contributed by atoms with E-state index in [0.717, 1.165) is 22.4 Å². The van der Waals surface area contributed by atoms with E-state index in [2.05, 4.69) is 39.6 Å². The SMILES string of the molecule is COc1ccc(C(Nc2ncc3ncn(C(OCCCOC(=O)C(C)(C)C)OC(=O)C(C)(C)C)c3n2)(c2ccccc2)c2ccccc2)cc1. The van der Waals surface area contributed by atoms with Gasteiger partial charge in [-0.1, -0.05) is 72.8 Å². The highest BCUT2D eigenvalue weighted by molar-refractivity contribution is 5.76. The number of methoxy groups -OCH3 is 1. The number of anilines is 1. The number of fused-ring (bicyclic) bond motifs is 1. The molecule has 11 heteroatoms. The Morgan fingerprint density at radius 3 is 1.90 bits per heavy atom. The number of hydrogen-bond donors (Lipinski definition) is 1. The molecular formula is C39H45N5O6. The van der Waals surface area contributed by atoms with E-state index in [4.69, 9.17) is 23.9 Å². The smallest absolute Gasteiger partial charge is 0.314 e. The minimum absolute atomic E-state index is 0.137. The molecule has 3 aromatic carbocycles. The second kappa shape index (κ2) is 15.1. The number of carbonyl (C=O) groups excluding carboxylic acids is 2. The molecule has 5 rings (SSSR count). The number of benzene rings is 3. The number of esters is 2. The molecule has 0 saturated carbocycles. The summed E-state index contributed by atoms with van der Waals surface area (Å²) in [6.07, 6.45) is 2.32. The molecule has 1 unspecified atom stereocenters. The van der Waals surface area contributed by atoms with Crippen LogP contribution in [0.15, 0.2) is 97.5 Å². The van der Waals surface area contributed by atoms with E-state index >= 15 is 0 Å². The van der Waals surface area contributed by atoms with Crippen LogP contribution in [0.5, 0.6) is 5.75 Å². The number of carbonyl (C=O) groups is 2. The minimum Gasteiger partial charge on any atom is -0.497 e. The number of ether oxygens (including phenoxy) is 4. The maximum absolute atomic E-state index is 13.1. The molecule has 1 atom stereocenters. The molecule has 2 aromatic heterocycles. The van der Waals surface area contributed by atoms with Crippen LogP contribution in [-0.2, 0) is 29.3 Å². The zero-order chi connectivity index (χ0) is 35.9. The summed E-state index contributed by atoms with van der Waals surface area (Å²) in [6.45, 7) is 11.0. The highest BCUT2D eigenvalue weighted by atomic mass is 16.7. The molecule has 0 bridgehead atoms. The zero-order valence-corrected chi connectivity index (χ0v) is 29.7. The van der Waals surface area contributed by atoms with Crippen molar-refractivity contribution in [3.8, 4) is 5.75 Å². The monoisotopic (exact) mass is 679 g/mol. The molecule has 0 amide bonds. The third kappa shape index (κ3) is 8.11. The van der Waals surface area contributed by atoms with Crippen LogP contribution < -0.4 is 10.1 Å². The molecule has 2 heterocycles. The lowest BCUT2D eigenvalue weighted by Crippen LogP contribution is -2.38. The molecule has 0 fully saturated rings. The number of hydrogen-bond acceptors (Lipinski definition) is 10. The van der Waals surface area contributed by atoms with Crippen LogP contribution in [0, 0.1) is 10.8 Å². The summed E-state index contributed by atoms with van der Waals surface area (Å²) < 4.78 is 24.4. The van der Waals surface area contributed by atoms with E-state index in [1.807, 2.05) is 60.7 Å². The Hall–Kier alpha value is -5.29. The Morgan fingerprint density at radius 2 is 1.34 bits per heavy atom. The predicted octanol–water partition coefficient (Wildman–Crippen LogP) is 7.28. The molecule has 262 valence electrons. The number of aromatic nitrogens is 4. The quantitative estimate of drug-likeness (QED) is 0.0587. The first-order valence-electron chi connectivity index (χ1n) is 16.6. The molecule has 0 aliphatic carbocycles. The zero-order valence-electron chi connectivity index (χ0n) is 29.7. The largest absolute Gasteiger partial charge is 0.497 e. The normalized spacial score (nSPS) is 12.7. The molecule has 0 aliphatic rings. The third-order valence-electron chi connectivity index (χ3n) is 7.99. The minimum atomic E-state index is -1.19. The van der Waals surface area contributed by atoms with Crippen molar-refractivity contribution in [3.05, 3.63) is 114 Å². The Bertz CT molecular complexity index is 1840. The lowest BCUT2D eigenvalue weighted by atomic mass is 9.77. The maximum atomic E-state index is 13.1. The first kappa shape index (κ1) is 36.0. The molecule has 0 spiro atoms. The second-order valence-corrected chi connectivity index (χ2v) is 14.0. The van der Waals surface area contributed by atoms with E-state index in [-0.39, 0.29) is 19.2 Å². The summed E-state index contributed by atoms with van der Waals surface area (Å²) in [7, 11) is 1.64. The van der Waals surface area contributed by atoms with Crippen molar-refractivity contribution < 1.29 is 28.5 Å². The van der Waals surface area contributed by atoms with Gasteiger partial charge < -0.3 is 24.3 Å². The predicted molar refractivity (Wildman–Crippen MR) is 190 cm³/mol. The van der Waals surface area contributed by atoms with E-state index in [1.54, 1.807) is 59.4 Å². The van der Waals surface area contributed by atoms with Gasteiger partial charge >= 0.3 is 11.9 Å². The van der Waals surface area contributed by atoms with Crippen molar-refractivity contribution >= 4 is 29.1 Å². The summed E-state index contributed by atoms with van der Waals surface area (Å²) in [6, 6.07) is 28.0. The number of imidazole rings is 1. The van der Waals surface area contributed by atoms with Gasteiger partial charge in [0.25, 0.3) is 6.41 Å². The van der Waals surface area contributed by atoms with Gasteiger partial charge in [0.2, 0.25) is 5.95 Å². The van der Waals surface area contributed by atoms with Crippen LogP contribution in [0.2, 0.25) is 0 Å². The third-order valence-corrected chi connectivity index (χ3v) is 7.99. The van der Waals surface area contributed by atoms with E-state index < -0.39 is 28.8 Å². The molecule has 1 N–H and O–H groups in total. The molecule has 50 heavy (non-hydrogen) atoms. The fourth-order valence-corrected chi connectivity index (χ4v) is 5.21. The number of rotatable bonds is 13. The van der Waals surface area contributed by atoms with Gasteiger partial charge in [-0.25, -0.2) is 9.97 Å². The van der Waals surface area contributed by atoms with Crippen molar-refractivity contribution in [2.75, 3.05) is 25.6 Å². The van der Waals surface area contributed by atoms with Crippen molar-refractivity contribution in [3.63, 3.8) is 0 Å². The number of nitrogens with one attached hydrogen (secondary N) is 1. The summed E-state index contributed by atoms with van der Waals surface area (Å²) in [5.74, 6) is 0.260. The average Bonchev–Trinajstić information content (AvgIpc) is 3.53. The maximum Gasteiger partial charge on any atom is 0.314 e. The molecule has 0 saturated heterocycles. The van der Waals surface area contributed by atoms with E-state index in [9.17, 15) is 9.59 Å². The fraction of sp³-hybridized carbons (Fsp3) is 0.359.